The van der Waals surface area contributed by atoms with Crippen molar-refractivity contribution in [3.63, 3.8) is 0 Å². The maximum Gasteiger partial charge on any atom is 0.155 e. The molecular weight excluding hydrogens is 267 g/mol. The predicted molar refractivity (Wildman–Crippen MR) is 59.7 cm³/mol. The molecule has 3 heteroatoms. The van der Waals surface area contributed by atoms with Gasteiger partial charge < -0.3 is 9.47 Å². The molecule has 12 heavy (non-hydrogen) atoms. The molecule has 0 aliphatic carbocycles. The fourth-order valence-corrected chi connectivity index (χ4v) is 1.55. The zero-order valence-electron chi connectivity index (χ0n) is 8.34. The molecule has 2 unspecified atom stereocenters. The smallest absolute Gasteiger partial charge is 0.155 e. The van der Waals surface area contributed by atoms with Gasteiger partial charge in [0.25, 0.3) is 0 Å². The molecule has 74 valence electrons. The second kappa shape index (κ2) is 7.09. The summed E-state index contributed by atoms with van der Waals surface area (Å²) in [5, 5.41) is 0. The van der Waals surface area contributed by atoms with Crippen molar-refractivity contribution in [2.24, 2.45) is 5.92 Å². The normalized spacial score (nSPS) is 18.8. The Hall–Kier alpha value is 0.650. The first-order valence-electron chi connectivity index (χ1n) is 4.44. The SMILES string of the molecule is CCOC(C)O[C@H](C)C(C)CI. The van der Waals surface area contributed by atoms with Crippen molar-refractivity contribution in [3.05, 3.63) is 0 Å². The molecular formula is C9H19IO2. The molecule has 0 N–H and O–H groups in total. The lowest BCUT2D eigenvalue weighted by Crippen LogP contribution is -2.25. The van der Waals surface area contributed by atoms with Gasteiger partial charge in [-0.25, -0.2) is 0 Å². The monoisotopic (exact) mass is 286 g/mol. The Labute approximate surface area is 89.1 Å². The van der Waals surface area contributed by atoms with E-state index in [9.17, 15) is 0 Å². The first-order valence-corrected chi connectivity index (χ1v) is 5.97. The third kappa shape index (κ3) is 5.32. The van der Waals surface area contributed by atoms with Crippen LogP contribution in [-0.4, -0.2) is 23.4 Å². The molecule has 0 spiro atoms. The molecule has 0 aromatic carbocycles. The van der Waals surface area contributed by atoms with Gasteiger partial charge in [0.1, 0.15) is 0 Å². The Balaban J connectivity index is 3.59. The summed E-state index contributed by atoms with van der Waals surface area (Å²) >= 11 is 2.38. The van der Waals surface area contributed by atoms with Crippen LogP contribution in [0.3, 0.4) is 0 Å². The van der Waals surface area contributed by atoms with E-state index in [-0.39, 0.29) is 12.4 Å². The van der Waals surface area contributed by atoms with Crippen molar-refractivity contribution < 1.29 is 9.47 Å². The average molecular weight is 286 g/mol. The Kier molecular flexibility index (Phi) is 7.48. The van der Waals surface area contributed by atoms with Crippen molar-refractivity contribution in [2.45, 2.75) is 40.1 Å². The molecule has 0 bridgehead atoms. The van der Waals surface area contributed by atoms with E-state index in [0.29, 0.717) is 12.5 Å². The summed E-state index contributed by atoms with van der Waals surface area (Å²) in [4.78, 5) is 0. The third-order valence-corrected chi connectivity index (χ3v) is 3.24. The molecule has 0 radical (unpaired) electrons. The van der Waals surface area contributed by atoms with E-state index in [1.807, 2.05) is 13.8 Å². The molecule has 0 fully saturated rings. The van der Waals surface area contributed by atoms with E-state index in [1.54, 1.807) is 0 Å². The summed E-state index contributed by atoms with van der Waals surface area (Å²) in [6.45, 7) is 8.92. The fourth-order valence-electron chi connectivity index (χ4n) is 0.836. The fraction of sp³-hybridized carbons (Fsp3) is 1.00. The second-order valence-electron chi connectivity index (χ2n) is 3.00. The number of rotatable bonds is 6. The molecule has 0 saturated heterocycles. The molecule has 0 aliphatic heterocycles. The van der Waals surface area contributed by atoms with E-state index in [0.717, 1.165) is 4.43 Å². The van der Waals surface area contributed by atoms with Gasteiger partial charge in [-0.05, 0) is 26.7 Å². The average Bonchev–Trinajstić information content (AvgIpc) is 2.03. The van der Waals surface area contributed by atoms with Gasteiger partial charge in [-0.1, -0.05) is 29.5 Å². The minimum atomic E-state index is -0.0737. The lowest BCUT2D eigenvalue weighted by molar-refractivity contribution is -0.161. The Morgan fingerprint density at radius 3 is 2.25 bits per heavy atom. The lowest BCUT2D eigenvalue weighted by Gasteiger charge is -2.22. The van der Waals surface area contributed by atoms with Gasteiger partial charge in [0.05, 0.1) is 6.10 Å². The highest BCUT2D eigenvalue weighted by atomic mass is 127. The molecule has 2 nitrogen and oxygen atoms in total. The Bertz CT molecular complexity index is 109. The first-order chi connectivity index (χ1) is 5.61. The van der Waals surface area contributed by atoms with E-state index in [2.05, 4.69) is 36.4 Å². The van der Waals surface area contributed by atoms with Crippen LogP contribution in [0.25, 0.3) is 0 Å². The van der Waals surface area contributed by atoms with Crippen molar-refractivity contribution in [1.82, 2.24) is 0 Å². The summed E-state index contributed by atoms with van der Waals surface area (Å²) in [6.07, 6.45) is 0.207. The Morgan fingerprint density at radius 1 is 1.25 bits per heavy atom. The highest BCUT2D eigenvalue weighted by Crippen LogP contribution is 2.12. The van der Waals surface area contributed by atoms with Crippen molar-refractivity contribution in [3.8, 4) is 0 Å². The van der Waals surface area contributed by atoms with E-state index in [1.165, 1.54) is 0 Å². The van der Waals surface area contributed by atoms with Crippen LogP contribution in [0.15, 0.2) is 0 Å². The zero-order valence-corrected chi connectivity index (χ0v) is 10.5. The minimum absolute atomic E-state index is 0.0737. The number of halogens is 1. The van der Waals surface area contributed by atoms with Crippen molar-refractivity contribution >= 4 is 22.6 Å². The van der Waals surface area contributed by atoms with Crippen LogP contribution in [0.1, 0.15) is 27.7 Å². The van der Waals surface area contributed by atoms with Crippen molar-refractivity contribution in [2.75, 3.05) is 11.0 Å². The van der Waals surface area contributed by atoms with Crippen LogP contribution in [0, 0.1) is 5.92 Å². The predicted octanol–water partition coefficient (Wildman–Crippen LogP) is 2.85. The van der Waals surface area contributed by atoms with Gasteiger partial charge in [0.2, 0.25) is 0 Å². The molecule has 3 atom stereocenters. The summed E-state index contributed by atoms with van der Waals surface area (Å²) in [7, 11) is 0. The number of alkyl halides is 1. The summed E-state index contributed by atoms with van der Waals surface area (Å²) < 4.78 is 12.0. The zero-order chi connectivity index (χ0) is 9.56. The largest absolute Gasteiger partial charge is 0.353 e. The minimum Gasteiger partial charge on any atom is -0.353 e. The molecule has 0 aliphatic rings. The van der Waals surface area contributed by atoms with Gasteiger partial charge >= 0.3 is 0 Å². The quantitative estimate of drug-likeness (QED) is 0.424. The maximum atomic E-state index is 5.62. The summed E-state index contributed by atoms with van der Waals surface area (Å²) in [5.41, 5.74) is 0. The van der Waals surface area contributed by atoms with E-state index >= 15 is 0 Å². The van der Waals surface area contributed by atoms with E-state index in [4.69, 9.17) is 9.47 Å². The van der Waals surface area contributed by atoms with Gasteiger partial charge in [-0.15, -0.1) is 0 Å². The number of ether oxygens (including phenoxy) is 2. The summed E-state index contributed by atoms with van der Waals surface area (Å²) in [6, 6.07) is 0. The van der Waals surface area contributed by atoms with Crippen LogP contribution in [-0.2, 0) is 9.47 Å². The van der Waals surface area contributed by atoms with Crippen molar-refractivity contribution in [1.29, 1.82) is 0 Å². The number of hydrogen-bond acceptors (Lipinski definition) is 2. The topological polar surface area (TPSA) is 18.5 Å². The maximum absolute atomic E-state index is 5.62. The molecule has 0 aromatic heterocycles. The summed E-state index contributed by atoms with van der Waals surface area (Å²) in [5.74, 6) is 0.591. The lowest BCUT2D eigenvalue weighted by atomic mass is 10.1. The molecule has 0 aromatic rings. The van der Waals surface area contributed by atoms with Gasteiger partial charge in [0.15, 0.2) is 6.29 Å². The third-order valence-electron chi connectivity index (χ3n) is 1.85. The van der Waals surface area contributed by atoms with Crippen LogP contribution in [0.4, 0.5) is 0 Å². The van der Waals surface area contributed by atoms with Gasteiger partial charge in [-0.2, -0.15) is 0 Å². The second-order valence-corrected chi connectivity index (χ2v) is 3.88. The van der Waals surface area contributed by atoms with Crippen LogP contribution >= 0.6 is 22.6 Å². The van der Waals surface area contributed by atoms with Crippen LogP contribution in [0.2, 0.25) is 0 Å². The van der Waals surface area contributed by atoms with Crippen LogP contribution in [0.5, 0.6) is 0 Å². The molecule has 0 heterocycles. The first kappa shape index (κ1) is 12.7. The molecule has 0 amide bonds. The van der Waals surface area contributed by atoms with Gasteiger partial charge in [0, 0.05) is 11.0 Å². The van der Waals surface area contributed by atoms with Crippen LogP contribution < -0.4 is 0 Å². The number of hydrogen-bond donors (Lipinski definition) is 0. The van der Waals surface area contributed by atoms with Gasteiger partial charge in [-0.3, -0.25) is 0 Å². The Morgan fingerprint density at radius 2 is 1.83 bits per heavy atom. The molecule has 0 rings (SSSR count). The highest BCUT2D eigenvalue weighted by Gasteiger charge is 2.14. The standard InChI is InChI=1S/C9H19IO2/c1-5-11-9(4)12-8(3)7(2)6-10/h7-9H,5-6H2,1-4H3/t7?,8-,9?/m1/s1. The van der Waals surface area contributed by atoms with E-state index < -0.39 is 0 Å². The molecule has 0 saturated carbocycles. The highest BCUT2D eigenvalue weighted by molar-refractivity contribution is 14.1.